The summed E-state index contributed by atoms with van der Waals surface area (Å²) in [5.74, 6) is -0.722. The van der Waals surface area contributed by atoms with E-state index in [1.54, 1.807) is 27.0 Å². The highest BCUT2D eigenvalue weighted by atomic mass is 16.5. The van der Waals surface area contributed by atoms with Crippen LogP contribution in [0.2, 0.25) is 0 Å². The van der Waals surface area contributed by atoms with E-state index in [9.17, 15) is 14.4 Å². The van der Waals surface area contributed by atoms with Crippen molar-refractivity contribution >= 4 is 17.8 Å². The summed E-state index contributed by atoms with van der Waals surface area (Å²) >= 11 is 0. The Bertz CT molecular complexity index is 948. The average molecular weight is 516 g/mol. The summed E-state index contributed by atoms with van der Waals surface area (Å²) in [6.45, 7) is 14.1. The number of carbonyl (C=O) groups excluding carboxylic acids is 3. The monoisotopic (exact) mass is 515 g/mol. The zero-order valence-corrected chi connectivity index (χ0v) is 24.7. The van der Waals surface area contributed by atoms with Gasteiger partial charge in [-0.25, -0.2) is 4.79 Å². The molecule has 37 heavy (non-hydrogen) atoms. The fraction of sp³-hybridized carbons (Fsp3) is 0.633. The molecule has 1 N–H and O–H groups in total. The maximum Gasteiger partial charge on any atom is 0.333 e. The van der Waals surface area contributed by atoms with Crippen molar-refractivity contribution in [2.24, 2.45) is 5.41 Å². The van der Waals surface area contributed by atoms with Gasteiger partial charge in [-0.3, -0.25) is 14.5 Å². The summed E-state index contributed by atoms with van der Waals surface area (Å²) < 4.78 is 5.00. The Balaban J connectivity index is 0.00000217. The second-order valence-electron chi connectivity index (χ2n) is 11.2. The SMILES string of the molecule is CCC.CCOC(=O)/C(C)=C/CN(C)C(=O)C(NC(=O)C1(N(C)C)CCc2ccccc2C1)C(C)(C)C. The maximum absolute atomic E-state index is 13.8. The molecule has 7 heteroatoms. The first-order valence-electron chi connectivity index (χ1n) is 13.4. The van der Waals surface area contributed by atoms with E-state index in [0.29, 0.717) is 25.0 Å². The van der Waals surface area contributed by atoms with Gasteiger partial charge in [0.25, 0.3) is 0 Å². The predicted molar refractivity (Wildman–Crippen MR) is 150 cm³/mol. The van der Waals surface area contributed by atoms with E-state index in [4.69, 9.17) is 4.74 Å². The third kappa shape index (κ3) is 8.70. The van der Waals surface area contributed by atoms with Crippen molar-refractivity contribution in [3.8, 4) is 0 Å². The molecule has 208 valence electrons. The van der Waals surface area contributed by atoms with Gasteiger partial charge in [0, 0.05) is 25.6 Å². The lowest BCUT2D eigenvalue weighted by Gasteiger charge is -2.44. The minimum atomic E-state index is -0.725. The van der Waals surface area contributed by atoms with Crippen molar-refractivity contribution in [1.82, 2.24) is 15.1 Å². The number of hydrogen-bond donors (Lipinski definition) is 1. The minimum Gasteiger partial charge on any atom is -0.463 e. The van der Waals surface area contributed by atoms with Gasteiger partial charge in [0.15, 0.2) is 0 Å². The molecule has 2 unspecified atom stereocenters. The predicted octanol–water partition coefficient (Wildman–Crippen LogP) is 4.39. The summed E-state index contributed by atoms with van der Waals surface area (Å²) in [4.78, 5) is 42.6. The number of likely N-dealkylation sites (N-methyl/N-ethyl adjacent to an activating group) is 2. The van der Waals surface area contributed by atoms with Gasteiger partial charge in [0.2, 0.25) is 11.8 Å². The van der Waals surface area contributed by atoms with Crippen molar-refractivity contribution in [2.45, 2.75) is 85.7 Å². The summed E-state index contributed by atoms with van der Waals surface area (Å²) in [5, 5.41) is 3.11. The van der Waals surface area contributed by atoms with Crippen LogP contribution in [0.15, 0.2) is 35.9 Å². The second kappa shape index (κ2) is 14.3. The molecule has 0 radical (unpaired) electrons. The largest absolute Gasteiger partial charge is 0.463 e. The average Bonchev–Trinajstić information content (AvgIpc) is 2.84. The Morgan fingerprint density at radius 1 is 1.08 bits per heavy atom. The van der Waals surface area contributed by atoms with E-state index < -0.39 is 23.0 Å². The number of nitrogens with zero attached hydrogens (tertiary/aromatic N) is 2. The smallest absolute Gasteiger partial charge is 0.333 e. The Labute approximate surface area is 224 Å². The Morgan fingerprint density at radius 2 is 1.65 bits per heavy atom. The Morgan fingerprint density at radius 3 is 2.16 bits per heavy atom. The van der Waals surface area contributed by atoms with Crippen LogP contribution < -0.4 is 5.32 Å². The van der Waals surface area contributed by atoms with Gasteiger partial charge in [-0.2, -0.15) is 0 Å². The van der Waals surface area contributed by atoms with Gasteiger partial charge in [0.05, 0.1) is 6.61 Å². The van der Waals surface area contributed by atoms with Gasteiger partial charge in [0.1, 0.15) is 11.6 Å². The van der Waals surface area contributed by atoms with Crippen LogP contribution in [0.3, 0.4) is 0 Å². The topological polar surface area (TPSA) is 79.0 Å². The molecular weight excluding hydrogens is 466 g/mol. The van der Waals surface area contributed by atoms with E-state index in [-0.39, 0.29) is 18.4 Å². The minimum absolute atomic E-state index is 0.132. The highest BCUT2D eigenvalue weighted by Crippen LogP contribution is 2.33. The van der Waals surface area contributed by atoms with Crippen molar-refractivity contribution in [1.29, 1.82) is 0 Å². The molecule has 1 aromatic carbocycles. The molecule has 0 fully saturated rings. The molecule has 7 nitrogen and oxygen atoms in total. The molecule has 1 aliphatic rings. The number of ether oxygens (including phenoxy) is 1. The number of amides is 2. The molecule has 0 saturated carbocycles. The number of aryl methyl sites for hydroxylation is 1. The number of rotatable bonds is 8. The van der Waals surface area contributed by atoms with Gasteiger partial charge < -0.3 is 15.0 Å². The molecule has 2 atom stereocenters. The van der Waals surface area contributed by atoms with Crippen LogP contribution in [-0.2, 0) is 32.0 Å². The summed E-state index contributed by atoms with van der Waals surface area (Å²) in [5.41, 5.74) is 1.68. The highest BCUT2D eigenvalue weighted by molar-refractivity contribution is 5.93. The number of nitrogens with one attached hydrogen (secondary N) is 1. The Kier molecular flexibility index (Phi) is 12.5. The van der Waals surface area contributed by atoms with Gasteiger partial charge >= 0.3 is 5.97 Å². The molecule has 1 aromatic rings. The normalized spacial score (nSPS) is 18.2. The standard InChI is InChI=1S/C27H41N3O4.C3H8/c1-9-34-24(32)19(2)15-17-30(8)23(31)22(26(3,4)5)28-25(33)27(29(6)7)16-14-20-12-10-11-13-21(20)18-27;1-3-2/h10-13,15,22H,9,14,16-18H2,1-8H3,(H,28,33);3H2,1-2H3/b19-15+;. The van der Waals surface area contributed by atoms with Crippen LogP contribution in [0, 0.1) is 5.41 Å². The van der Waals surface area contributed by atoms with E-state index in [1.807, 2.05) is 51.9 Å². The third-order valence-electron chi connectivity index (χ3n) is 6.72. The fourth-order valence-electron chi connectivity index (χ4n) is 4.32. The zero-order valence-electron chi connectivity index (χ0n) is 24.7. The number of carbonyl (C=O) groups is 3. The lowest BCUT2D eigenvalue weighted by Crippen LogP contribution is -2.64. The van der Waals surface area contributed by atoms with Gasteiger partial charge in [-0.1, -0.05) is 71.4 Å². The van der Waals surface area contributed by atoms with Gasteiger partial charge in [-0.15, -0.1) is 0 Å². The number of fused-ring (bicyclic) bond motifs is 1. The van der Waals surface area contributed by atoms with Crippen molar-refractivity contribution in [3.05, 3.63) is 47.0 Å². The van der Waals surface area contributed by atoms with Crippen molar-refractivity contribution in [3.63, 3.8) is 0 Å². The fourth-order valence-corrected chi connectivity index (χ4v) is 4.32. The summed E-state index contributed by atoms with van der Waals surface area (Å²) in [6.07, 6.45) is 5.03. The maximum atomic E-state index is 13.8. The molecular formula is C30H49N3O4. The van der Waals surface area contributed by atoms with Crippen LogP contribution in [0.4, 0.5) is 0 Å². The molecule has 0 saturated heterocycles. The quantitative estimate of drug-likeness (QED) is 0.410. The lowest BCUT2D eigenvalue weighted by atomic mass is 9.75. The molecule has 0 aromatic heterocycles. The second-order valence-corrected chi connectivity index (χ2v) is 11.2. The first-order valence-corrected chi connectivity index (χ1v) is 13.4. The van der Waals surface area contributed by atoms with Crippen LogP contribution in [0.1, 0.15) is 72.4 Å². The molecule has 2 amide bonds. The van der Waals surface area contributed by atoms with Crippen LogP contribution >= 0.6 is 0 Å². The van der Waals surface area contributed by atoms with Crippen LogP contribution in [0.25, 0.3) is 0 Å². The van der Waals surface area contributed by atoms with E-state index in [0.717, 1.165) is 6.42 Å². The third-order valence-corrected chi connectivity index (χ3v) is 6.72. The summed E-state index contributed by atoms with van der Waals surface area (Å²) in [7, 11) is 5.54. The molecule has 0 aliphatic heterocycles. The van der Waals surface area contributed by atoms with Crippen molar-refractivity contribution in [2.75, 3.05) is 34.3 Å². The molecule has 1 aliphatic carbocycles. The van der Waals surface area contributed by atoms with Crippen LogP contribution in [0.5, 0.6) is 0 Å². The van der Waals surface area contributed by atoms with Crippen LogP contribution in [-0.4, -0.2) is 73.5 Å². The first-order chi connectivity index (χ1) is 17.2. The first kappa shape index (κ1) is 32.4. The van der Waals surface area contributed by atoms with Gasteiger partial charge in [-0.05, 0) is 57.3 Å². The van der Waals surface area contributed by atoms with E-state index in [2.05, 4.69) is 31.3 Å². The van der Waals surface area contributed by atoms with E-state index in [1.165, 1.54) is 22.4 Å². The number of esters is 1. The molecule has 0 heterocycles. The number of hydrogen-bond acceptors (Lipinski definition) is 5. The molecule has 2 rings (SSSR count). The van der Waals surface area contributed by atoms with Crippen molar-refractivity contribution < 1.29 is 19.1 Å². The highest BCUT2D eigenvalue weighted by Gasteiger charge is 2.46. The molecule has 0 bridgehead atoms. The van der Waals surface area contributed by atoms with E-state index >= 15 is 0 Å². The molecule has 0 spiro atoms. The zero-order chi connectivity index (χ0) is 28.4. The Hall–Kier alpha value is -2.67. The number of benzene rings is 1. The summed E-state index contributed by atoms with van der Waals surface area (Å²) in [6, 6.07) is 7.53. The lowest BCUT2D eigenvalue weighted by molar-refractivity contribution is -0.142.